The molecule has 92 valence electrons. The van der Waals surface area contributed by atoms with Gasteiger partial charge < -0.3 is 4.74 Å². The molecule has 2 nitrogen and oxygen atoms in total. The van der Waals surface area contributed by atoms with Crippen molar-refractivity contribution in [2.24, 2.45) is 16.7 Å². The average molecular weight is 289 g/mol. The first-order chi connectivity index (χ1) is 7.29. The Morgan fingerprint density at radius 2 is 2.06 bits per heavy atom. The highest BCUT2D eigenvalue weighted by atomic mass is 79.9. The van der Waals surface area contributed by atoms with Gasteiger partial charge in [-0.1, -0.05) is 36.7 Å². The summed E-state index contributed by atoms with van der Waals surface area (Å²) >= 11 is 3.27. The molecule has 0 amide bonds. The second-order valence-corrected chi connectivity index (χ2v) is 7.53. The third kappa shape index (κ3) is 1.54. The zero-order valence-electron chi connectivity index (χ0n) is 10.5. The Bertz CT molecular complexity index is 311. The normalized spacial score (nSPS) is 42.1. The Morgan fingerprint density at radius 3 is 2.44 bits per heavy atom. The van der Waals surface area contributed by atoms with Crippen molar-refractivity contribution >= 4 is 21.9 Å². The van der Waals surface area contributed by atoms with Gasteiger partial charge in [-0.2, -0.15) is 0 Å². The first-order valence-electron chi connectivity index (χ1n) is 6.13. The average Bonchev–Trinajstić information content (AvgIpc) is 2.50. The van der Waals surface area contributed by atoms with E-state index in [2.05, 4.69) is 36.7 Å². The van der Waals surface area contributed by atoms with Crippen molar-refractivity contribution in [2.75, 3.05) is 0 Å². The van der Waals surface area contributed by atoms with Crippen molar-refractivity contribution in [3.05, 3.63) is 0 Å². The van der Waals surface area contributed by atoms with Crippen molar-refractivity contribution in [1.29, 1.82) is 0 Å². The Morgan fingerprint density at radius 1 is 1.44 bits per heavy atom. The molecule has 0 unspecified atom stereocenters. The smallest absolute Gasteiger partial charge is 0.319 e. The first kappa shape index (κ1) is 12.4. The number of hydrogen-bond donors (Lipinski definition) is 0. The van der Waals surface area contributed by atoms with E-state index in [1.165, 1.54) is 12.8 Å². The first-order valence-corrected chi connectivity index (χ1v) is 7.05. The lowest BCUT2D eigenvalue weighted by atomic mass is 9.70. The van der Waals surface area contributed by atoms with Crippen LogP contribution in [0.15, 0.2) is 0 Å². The van der Waals surface area contributed by atoms with E-state index in [0.717, 1.165) is 12.3 Å². The van der Waals surface area contributed by atoms with Crippen LogP contribution in [0.25, 0.3) is 0 Å². The van der Waals surface area contributed by atoms with E-state index in [-0.39, 0.29) is 22.3 Å². The van der Waals surface area contributed by atoms with Gasteiger partial charge >= 0.3 is 5.97 Å². The molecule has 2 aliphatic rings. The topological polar surface area (TPSA) is 26.3 Å². The third-order valence-electron chi connectivity index (χ3n) is 5.30. The second-order valence-electron chi connectivity index (χ2n) is 6.15. The van der Waals surface area contributed by atoms with Gasteiger partial charge in [-0.3, -0.25) is 4.79 Å². The predicted molar refractivity (Wildman–Crippen MR) is 67.5 cm³/mol. The summed E-state index contributed by atoms with van der Waals surface area (Å²) in [5, 5.41) is 0. The highest BCUT2D eigenvalue weighted by molar-refractivity contribution is 9.10. The van der Waals surface area contributed by atoms with Gasteiger partial charge in [0.1, 0.15) is 10.9 Å². The summed E-state index contributed by atoms with van der Waals surface area (Å²) in [5.74, 6) is 0.607. The fourth-order valence-corrected chi connectivity index (χ4v) is 3.65. The largest absolute Gasteiger partial charge is 0.461 e. The van der Waals surface area contributed by atoms with Crippen LogP contribution in [0.2, 0.25) is 0 Å². The maximum Gasteiger partial charge on any atom is 0.319 e. The molecule has 4 atom stereocenters. The van der Waals surface area contributed by atoms with Crippen molar-refractivity contribution < 1.29 is 9.53 Å². The molecule has 0 N–H and O–H groups in total. The van der Waals surface area contributed by atoms with Crippen LogP contribution in [-0.4, -0.2) is 16.9 Å². The van der Waals surface area contributed by atoms with Crippen LogP contribution in [0, 0.1) is 16.7 Å². The van der Waals surface area contributed by atoms with Crippen LogP contribution < -0.4 is 0 Å². The second kappa shape index (κ2) is 3.72. The zero-order valence-corrected chi connectivity index (χ0v) is 12.1. The number of carbonyl (C=O) groups excluding carboxylic acids is 1. The van der Waals surface area contributed by atoms with Gasteiger partial charge in [-0.25, -0.2) is 0 Å². The maximum atomic E-state index is 11.7. The number of halogens is 1. The lowest BCUT2D eigenvalue weighted by Gasteiger charge is -2.38. The summed E-state index contributed by atoms with van der Waals surface area (Å²) < 4.78 is 5.66. The highest BCUT2D eigenvalue weighted by Crippen LogP contribution is 2.66. The number of rotatable bonds is 2. The molecule has 0 radical (unpaired) electrons. The predicted octanol–water partition coefficient (Wildman–Crippen LogP) is 3.53. The van der Waals surface area contributed by atoms with Gasteiger partial charge in [0.2, 0.25) is 0 Å². The van der Waals surface area contributed by atoms with E-state index in [1.54, 1.807) is 0 Å². The summed E-state index contributed by atoms with van der Waals surface area (Å²) in [6, 6.07) is 0. The lowest BCUT2D eigenvalue weighted by molar-refractivity contribution is -0.155. The summed E-state index contributed by atoms with van der Waals surface area (Å²) in [5.41, 5.74) is 0.489. The van der Waals surface area contributed by atoms with E-state index < -0.39 is 0 Å². The number of carbonyl (C=O) groups is 1. The fourth-order valence-electron chi connectivity index (χ4n) is 3.54. The highest BCUT2D eigenvalue weighted by Gasteiger charge is 2.62. The Hall–Kier alpha value is -0.0500. The van der Waals surface area contributed by atoms with Gasteiger partial charge in [0.05, 0.1) is 0 Å². The van der Waals surface area contributed by atoms with Crippen molar-refractivity contribution in [2.45, 2.75) is 57.9 Å². The fraction of sp³-hybridized carbons (Fsp3) is 0.923. The van der Waals surface area contributed by atoms with Crippen LogP contribution in [0.4, 0.5) is 0 Å². The van der Waals surface area contributed by atoms with Crippen LogP contribution in [0.5, 0.6) is 0 Å². The molecule has 2 aliphatic carbocycles. The molecule has 3 heteroatoms. The van der Waals surface area contributed by atoms with Gasteiger partial charge in [0.25, 0.3) is 0 Å². The molecule has 0 aromatic rings. The molecular formula is C13H21BrO2. The molecule has 0 saturated heterocycles. The van der Waals surface area contributed by atoms with E-state index >= 15 is 0 Å². The molecule has 16 heavy (non-hydrogen) atoms. The van der Waals surface area contributed by atoms with Crippen molar-refractivity contribution in [3.8, 4) is 0 Å². The van der Waals surface area contributed by atoms with Crippen LogP contribution in [-0.2, 0) is 9.53 Å². The van der Waals surface area contributed by atoms with Crippen molar-refractivity contribution in [3.63, 3.8) is 0 Å². The molecule has 0 aliphatic heterocycles. The Labute approximate surface area is 106 Å². The standard InChI is InChI=1S/C13H21BrO2/c1-8(14)11(15)16-10-7-9-5-6-13(10,4)12(9,2)3/h8-10H,5-7H2,1-4H3/t8-,9+,10+,13+/m1/s1. The summed E-state index contributed by atoms with van der Waals surface area (Å²) in [7, 11) is 0. The minimum absolute atomic E-state index is 0.116. The molecule has 0 heterocycles. The van der Waals surface area contributed by atoms with E-state index in [1.807, 2.05) is 6.92 Å². The minimum atomic E-state index is -0.196. The molecule has 2 fully saturated rings. The number of fused-ring (bicyclic) bond motifs is 2. The number of esters is 1. The molecule has 0 aromatic heterocycles. The Balaban J connectivity index is 2.13. The number of ether oxygens (including phenoxy) is 1. The number of hydrogen-bond acceptors (Lipinski definition) is 2. The summed E-state index contributed by atoms with van der Waals surface area (Å²) in [6.07, 6.45) is 3.66. The molecule has 2 bridgehead atoms. The van der Waals surface area contributed by atoms with E-state index in [9.17, 15) is 4.79 Å². The van der Waals surface area contributed by atoms with Gasteiger partial charge in [0.15, 0.2) is 0 Å². The van der Waals surface area contributed by atoms with Gasteiger partial charge in [-0.05, 0) is 37.5 Å². The SMILES string of the molecule is C[C@@H](Br)C(=O)O[C@H]1C[C@@H]2CC[C@]1(C)C2(C)C. The summed E-state index contributed by atoms with van der Waals surface area (Å²) in [6.45, 7) is 8.77. The maximum absolute atomic E-state index is 11.7. The monoisotopic (exact) mass is 288 g/mol. The number of alkyl halides is 1. The molecule has 0 spiro atoms. The molecule has 0 aromatic carbocycles. The van der Waals surface area contributed by atoms with Crippen molar-refractivity contribution in [1.82, 2.24) is 0 Å². The quantitative estimate of drug-likeness (QED) is 0.574. The lowest BCUT2D eigenvalue weighted by Crippen LogP contribution is -2.39. The van der Waals surface area contributed by atoms with Gasteiger partial charge in [0, 0.05) is 5.41 Å². The zero-order chi connectivity index (χ0) is 12.1. The molecule has 2 rings (SSSR count). The van der Waals surface area contributed by atoms with E-state index in [0.29, 0.717) is 5.41 Å². The third-order valence-corrected chi connectivity index (χ3v) is 5.67. The van der Waals surface area contributed by atoms with E-state index in [4.69, 9.17) is 4.74 Å². The van der Waals surface area contributed by atoms with Gasteiger partial charge in [-0.15, -0.1) is 0 Å². The minimum Gasteiger partial charge on any atom is -0.461 e. The van der Waals surface area contributed by atoms with Crippen LogP contribution >= 0.6 is 15.9 Å². The van der Waals surface area contributed by atoms with Crippen LogP contribution in [0.3, 0.4) is 0 Å². The molecular weight excluding hydrogens is 268 g/mol. The molecule has 2 saturated carbocycles. The Kier molecular flexibility index (Phi) is 2.89. The summed E-state index contributed by atoms with van der Waals surface area (Å²) in [4.78, 5) is 11.5. The van der Waals surface area contributed by atoms with Crippen LogP contribution in [0.1, 0.15) is 47.0 Å².